The summed E-state index contributed by atoms with van der Waals surface area (Å²) in [6.45, 7) is 13.0. The van der Waals surface area contributed by atoms with Crippen LogP contribution in [0.5, 0.6) is 0 Å². The Morgan fingerprint density at radius 2 is 1.97 bits per heavy atom. The van der Waals surface area contributed by atoms with Gasteiger partial charge in [-0.05, 0) is 32.1 Å². The van der Waals surface area contributed by atoms with E-state index >= 15 is 0 Å². The van der Waals surface area contributed by atoms with Crippen molar-refractivity contribution in [1.29, 1.82) is 0 Å². The lowest BCUT2D eigenvalue weighted by molar-refractivity contribution is -0.154. The molecule has 2 bridgehead atoms. The summed E-state index contributed by atoms with van der Waals surface area (Å²) in [5.41, 5.74) is 0. The number of hydrogen-bond acceptors (Lipinski definition) is 8. The second kappa shape index (κ2) is 14.0. The molecule has 4 saturated heterocycles. The van der Waals surface area contributed by atoms with Crippen LogP contribution in [-0.2, 0) is 23.9 Å². The smallest absolute Gasteiger partial charge is 0.310 e. The highest BCUT2D eigenvalue weighted by atomic mass is 79.9. The molecule has 4 fully saturated rings. The van der Waals surface area contributed by atoms with Crippen LogP contribution in [0.2, 0.25) is 0 Å². The lowest BCUT2D eigenvalue weighted by atomic mass is 9.71. The average Bonchev–Trinajstić information content (AvgIpc) is 3.52. The minimum atomic E-state index is -0.690. The summed E-state index contributed by atoms with van der Waals surface area (Å²) >= 11 is 5.43. The summed E-state index contributed by atoms with van der Waals surface area (Å²) in [5.74, 6) is -1.74. The number of alkyl halides is 1. The van der Waals surface area contributed by atoms with Gasteiger partial charge in [-0.3, -0.25) is 19.3 Å². The zero-order chi connectivity index (χ0) is 28.0. The molecule has 0 radical (unpaired) electrons. The van der Waals surface area contributed by atoms with Crippen molar-refractivity contribution in [2.24, 2.45) is 11.8 Å². The van der Waals surface area contributed by atoms with Crippen LogP contribution in [0.25, 0.3) is 0 Å². The Kier molecular flexibility index (Phi) is 11.0. The number of ether oxygens (including phenoxy) is 2. The molecule has 39 heavy (non-hydrogen) atoms. The largest absolute Gasteiger partial charge is 0.465 e. The number of unbranched alkanes of at least 4 members (excludes halogenated alkanes) is 2. The fourth-order valence-electron chi connectivity index (χ4n) is 6.54. The number of fused-ring (bicyclic) bond motifs is 1. The topological polar surface area (TPSA) is 99.6 Å². The van der Waals surface area contributed by atoms with Gasteiger partial charge >= 0.3 is 5.97 Å². The molecule has 0 saturated carbocycles. The molecule has 0 aromatic carbocycles. The Labute approximate surface area is 244 Å². The number of aliphatic hydroxyl groups excluding tert-OH is 1. The number of rotatable bonds is 15. The Morgan fingerprint density at radius 1 is 1.21 bits per heavy atom. The van der Waals surface area contributed by atoms with Gasteiger partial charge in [0, 0.05) is 56.0 Å². The van der Waals surface area contributed by atoms with Gasteiger partial charge in [-0.15, -0.1) is 24.9 Å². The standard InChI is InChI=1S/C28H42BrN3O6S/c1-3-5-16-38-27(36)21-22-25(34)32(10-7-6-8-15-33)24(28(22)19-20(29)23(21)39-28)26(35)31(9-4-2)12-11-30-13-17-37-18-14-30/h3-4,20-24,33H,1-2,5-19H2/t20?,21-,22+,23-,24?,28?/m1/s1. The van der Waals surface area contributed by atoms with Crippen molar-refractivity contribution >= 4 is 45.5 Å². The van der Waals surface area contributed by atoms with Crippen molar-refractivity contribution in [3.8, 4) is 0 Å². The van der Waals surface area contributed by atoms with Gasteiger partial charge in [0.05, 0.1) is 36.4 Å². The van der Waals surface area contributed by atoms with E-state index in [1.165, 1.54) is 0 Å². The third-order valence-electron chi connectivity index (χ3n) is 8.37. The van der Waals surface area contributed by atoms with Crippen LogP contribution >= 0.6 is 27.7 Å². The first-order valence-electron chi connectivity index (χ1n) is 14.1. The molecule has 1 N–H and O–H groups in total. The molecule has 9 nitrogen and oxygen atoms in total. The maximum Gasteiger partial charge on any atom is 0.310 e. The Morgan fingerprint density at radius 3 is 2.67 bits per heavy atom. The van der Waals surface area contributed by atoms with Crippen LogP contribution in [0.15, 0.2) is 25.3 Å². The molecule has 11 heteroatoms. The molecule has 6 atom stereocenters. The van der Waals surface area contributed by atoms with Crippen molar-refractivity contribution in [2.45, 2.75) is 53.0 Å². The van der Waals surface area contributed by atoms with Gasteiger partial charge in [0.2, 0.25) is 11.8 Å². The number of carbonyl (C=O) groups excluding carboxylic acids is 3. The van der Waals surface area contributed by atoms with Crippen molar-refractivity contribution in [3.63, 3.8) is 0 Å². The lowest BCUT2D eigenvalue weighted by Crippen LogP contribution is -2.56. The summed E-state index contributed by atoms with van der Waals surface area (Å²) in [6, 6.07) is -0.658. The summed E-state index contributed by atoms with van der Waals surface area (Å²) < 4.78 is 10.4. The third-order valence-corrected chi connectivity index (χ3v) is 11.6. The van der Waals surface area contributed by atoms with Crippen LogP contribution < -0.4 is 0 Å². The number of likely N-dealkylation sites (tertiary alicyclic amines) is 1. The fourth-order valence-corrected chi connectivity index (χ4v) is 10.1. The van der Waals surface area contributed by atoms with E-state index in [2.05, 4.69) is 34.0 Å². The first-order chi connectivity index (χ1) is 18.9. The first kappa shape index (κ1) is 30.6. The van der Waals surface area contributed by atoms with Crippen molar-refractivity contribution in [1.82, 2.24) is 14.7 Å². The van der Waals surface area contributed by atoms with E-state index < -0.39 is 22.6 Å². The third kappa shape index (κ3) is 6.27. The van der Waals surface area contributed by atoms with E-state index in [0.717, 1.165) is 26.1 Å². The Bertz CT molecular complexity index is 918. The van der Waals surface area contributed by atoms with Gasteiger partial charge in [0.15, 0.2) is 0 Å². The van der Waals surface area contributed by atoms with Crippen LogP contribution in [0.1, 0.15) is 32.1 Å². The van der Waals surface area contributed by atoms with Gasteiger partial charge in [0.25, 0.3) is 0 Å². The Hall–Kier alpha value is -1.40. The molecular formula is C28H42BrN3O6S. The number of amides is 2. The van der Waals surface area contributed by atoms with E-state index in [1.807, 2.05) is 4.90 Å². The molecule has 4 heterocycles. The van der Waals surface area contributed by atoms with E-state index in [4.69, 9.17) is 9.47 Å². The molecule has 1 spiro atoms. The molecule has 2 amide bonds. The normalized spacial score (nSPS) is 31.8. The fraction of sp³-hybridized carbons (Fsp3) is 0.750. The van der Waals surface area contributed by atoms with Crippen molar-refractivity contribution < 1.29 is 29.0 Å². The van der Waals surface area contributed by atoms with E-state index in [0.29, 0.717) is 58.5 Å². The number of nitrogens with zero attached hydrogens (tertiary/aromatic N) is 3. The molecule has 0 aromatic rings. The molecular weight excluding hydrogens is 586 g/mol. The molecule has 0 aliphatic carbocycles. The van der Waals surface area contributed by atoms with Crippen LogP contribution in [0.3, 0.4) is 0 Å². The summed E-state index contributed by atoms with van der Waals surface area (Å²) in [4.78, 5) is 47.7. The minimum Gasteiger partial charge on any atom is -0.465 e. The number of thioether (sulfide) groups is 1. The predicted molar refractivity (Wildman–Crippen MR) is 155 cm³/mol. The highest BCUT2D eigenvalue weighted by Crippen LogP contribution is 2.68. The van der Waals surface area contributed by atoms with Crippen LogP contribution in [0, 0.1) is 11.8 Å². The number of hydrogen-bond donors (Lipinski definition) is 1. The van der Waals surface area contributed by atoms with Crippen molar-refractivity contribution in [3.05, 3.63) is 25.3 Å². The molecule has 3 unspecified atom stereocenters. The molecule has 4 aliphatic heterocycles. The van der Waals surface area contributed by atoms with Gasteiger partial charge in [-0.1, -0.05) is 28.1 Å². The number of esters is 1. The molecule has 4 rings (SSSR count). The number of morpholine rings is 1. The molecule has 0 aromatic heterocycles. The summed E-state index contributed by atoms with van der Waals surface area (Å²) in [6.07, 6.45) is 6.73. The number of aliphatic hydroxyl groups is 1. The second-order valence-corrected chi connectivity index (χ2v) is 13.5. The quantitative estimate of drug-likeness (QED) is 0.128. The first-order valence-corrected chi connectivity index (χ1v) is 15.9. The van der Waals surface area contributed by atoms with Gasteiger partial charge in [-0.25, -0.2) is 0 Å². The lowest BCUT2D eigenvalue weighted by Gasteiger charge is -2.38. The van der Waals surface area contributed by atoms with E-state index in [9.17, 15) is 19.5 Å². The van der Waals surface area contributed by atoms with Crippen LogP contribution in [0.4, 0.5) is 0 Å². The average molecular weight is 629 g/mol. The monoisotopic (exact) mass is 627 g/mol. The van der Waals surface area contributed by atoms with Gasteiger partial charge in [-0.2, -0.15) is 0 Å². The van der Waals surface area contributed by atoms with Gasteiger partial charge in [0.1, 0.15) is 6.04 Å². The van der Waals surface area contributed by atoms with Crippen molar-refractivity contribution in [2.75, 3.05) is 65.7 Å². The van der Waals surface area contributed by atoms with E-state index in [-0.39, 0.29) is 41.1 Å². The maximum atomic E-state index is 14.4. The minimum absolute atomic E-state index is 0.00866. The predicted octanol–water partition coefficient (Wildman–Crippen LogP) is 2.08. The van der Waals surface area contributed by atoms with Crippen LogP contribution in [-0.4, -0.2) is 124 Å². The summed E-state index contributed by atoms with van der Waals surface area (Å²) in [5, 5.41) is 9.13. The summed E-state index contributed by atoms with van der Waals surface area (Å²) in [7, 11) is 0. The number of halogens is 1. The number of carbonyl (C=O) groups is 3. The highest BCUT2D eigenvalue weighted by Gasteiger charge is 2.76. The van der Waals surface area contributed by atoms with E-state index in [1.54, 1.807) is 28.8 Å². The van der Waals surface area contributed by atoms with Gasteiger partial charge < -0.3 is 24.4 Å². The highest BCUT2D eigenvalue weighted by molar-refractivity contribution is 9.09. The second-order valence-electron chi connectivity index (χ2n) is 10.8. The maximum absolute atomic E-state index is 14.4. The Balaban J connectivity index is 1.61. The SMILES string of the molecule is C=CCCOC(=O)[C@H]1[C@@H]2SC3(CC2Br)C(C(=O)N(CC=C)CCN2CCOCC2)N(CCCCCO)C(=O)[C@H]13. The zero-order valence-electron chi connectivity index (χ0n) is 22.7. The molecule has 4 aliphatic rings. The zero-order valence-corrected chi connectivity index (χ0v) is 25.1. The molecule has 218 valence electrons.